The summed E-state index contributed by atoms with van der Waals surface area (Å²) in [5, 5.41) is 3.95. The van der Waals surface area contributed by atoms with Crippen LogP contribution in [0.2, 0.25) is 5.02 Å². The molecule has 0 aliphatic carbocycles. The monoisotopic (exact) mass is 429 g/mol. The summed E-state index contributed by atoms with van der Waals surface area (Å²) in [6.45, 7) is 0.276. The van der Waals surface area contributed by atoms with Gasteiger partial charge in [-0.15, -0.1) is 0 Å². The zero-order chi connectivity index (χ0) is 21.5. The van der Waals surface area contributed by atoms with Crippen LogP contribution in [0, 0.1) is 0 Å². The molecule has 30 heavy (non-hydrogen) atoms. The Kier molecular flexibility index (Phi) is 7.08. The highest BCUT2D eigenvalue weighted by atomic mass is 35.5. The van der Waals surface area contributed by atoms with Crippen molar-refractivity contribution in [3.05, 3.63) is 75.1 Å². The molecule has 0 saturated heterocycles. The van der Waals surface area contributed by atoms with E-state index in [0.717, 1.165) is 0 Å². The first-order valence-corrected chi connectivity index (χ1v) is 9.64. The van der Waals surface area contributed by atoms with Gasteiger partial charge in [-0.25, -0.2) is 4.79 Å². The number of hydrogen-bond donors (Lipinski definition) is 1. The Morgan fingerprint density at radius 2 is 1.87 bits per heavy atom. The molecule has 156 valence electrons. The number of rotatable bonds is 8. The molecule has 0 spiro atoms. The highest BCUT2D eigenvalue weighted by Gasteiger charge is 2.11. The van der Waals surface area contributed by atoms with Crippen LogP contribution in [-0.2, 0) is 16.1 Å². The fraction of sp³-hybridized carbons (Fsp3) is 0.227. The predicted molar refractivity (Wildman–Crippen MR) is 112 cm³/mol. The molecule has 0 radical (unpaired) electrons. The number of nitrogens with one attached hydrogen (secondary N) is 1. The van der Waals surface area contributed by atoms with E-state index in [2.05, 4.69) is 5.32 Å². The molecule has 0 atom stereocenters. The minimum Gasteiger partial charge on any atom is -0.497 e. The van der Waals surface area contributed by atoms with Crippen molar-refractivity contribution < 1.29 is 23.5 Å². The van der Waals surface area contributed by atoms with Gasteiger partial charge in [0, 0.05) is 46.6 Å². The molecule has 7 nitrogen and oxygen atoms in total. The zero-order valence-electron chi connectivity index (χ0n) is 16.3. The van der Waals surface area contributed by atoms with Gasteiger partial charge in [-0.05, 0) is 42.8 Å². The number of hydrogen-bond acceptors (Lipinski definition) is 6. The molecule has 0 unspecified atom stereocenters. The Morgan fingerprint density at radius 1 is 1.10 bits per heavy atom. The molecular weight excluding hydrogens is 410 g/mol. The van der Waals surface area contributed by atoms with Crippen LogP contribution in [0.5, 0.6) is 5.75 Å². The van der Waals surface area contributed by atoms with Crippen LogP contribution >= 0.6 is 11.6 Å². The average molecular weight is 430 g/mol. The van der Waals surface area contributed by atoms with Crippen LogP contribution in [0.15, 0.2) is 57.7 Å². The Labute approximate surface area is 177 Å². The third-order valence-corrected chi connectivity index (χ3v) is 4.63. The summed E-state index contributed by atoms with van der Waals surface area (Å²) < 4.78 is 15.6. The maximum Gasteiger partial charge on any atom is 0.336 e. The number of carbonyl (C=O) groups is 2. The lowest BCUT2D eigenvalue weighted by Crippen LogP contribution is -2.25. The summed E-state index contributed by atoms with van der Waals surface area (Å²) >= 11 is 5.80. The maximum absolute atomic E-state index is 12.0. The van der Waals surface area contributed by atoms with Crippen molar-refractivity contribution in [3.63, 3.8) is 0 Å². The van der Waals surface area contributed by atoms with Gasteiger partial charge in [0.05, 0.1) is 7.11 Å². The summed E-state index contributed by atoms with van der Waals surface area (Å²) in [6, 6.07) is 12.9. The van der Waals surface area contributed by atoms with Crippen molar-refractivity contribution in [3.8, 4) is 5.75 Å². The summed E-state index contributed by atoms with van der Waals surface area (Å²) in [5.41, 5.74) is 0.867. The Morgan fingerprint density at radius 3 is 2.60 bits per heavy atom. The Balaban J connectivity index is 1.48. The van der Waals surface area contributed by atoms with Gasteiger partial charge in [-0.3, -0.25) is 9.59 Å². The molecule has 1 heterocycles. The third-order valence-electron chi connectivity index (χ3n) is 4.38. The third kappa shape index (κ3) is 5.61. The summed E-state index contributed by atoms with van der Waals surface area (Å²) in [7, 11) is 1.52. The smallest absolute Gasteiger partial charge is 0.336 e. The number of methoxy groups -OCH3 is 1. The minimum atomic E-state index is -0.535. The molecule has 1 amide bonds. The van der Waals surface area contributed by atoms with Crippen LogP contribution in [0.4, 0.5) is 0 Å². The molecule has 0 bridgehead atoms. The molecule has 0 saturated carbocycles. The minimum absolute atomic E-state index is 0.0512. The highest BCUT2D eigenvalue weighted by molar-refractivity contribution is 6.30. The first kappa shape index (κ1) is 21.4. The number of benzene rings is 2. The maximum atomic E-state index is 12.0. The molecule has 3 aromatic rings. The second-order valence-corrected chi connectivity index (χ2v) is 6.92. The first-order valence-electron chi connectivity index (χ1n) is 9.26. The van der Waals surface area contributed by atoms with Crippen molar-refractivity contribution in [1.29, 1.82) is 0 Å². The van der Waals surface area contributed by atoms with Gasteiger partial charge in [0.1, 0.15) is 17.9 Å². The quantitative estimate of drug-likeness (QED) is 0.333. The van der Waals surface area contributed by atoms with E-state index in [4.69, 9.17) is 25.5 Å². The van der Waals surface area contributed by atoms with Gasteiger partial charge in [0.2, 0.25) is 0 Å². The molecular formula is C22H20ClNO6. The van der Waals surface area contributed by atoms with E-state index in [-0.39, 0.29) is 18.9 Å². The first-order chi connectivity index (χ1) is 14.5. The lowest BCUT2D eigenvalue weighted by molar-refractivity contribution is -0.145. The van der Waals surface area contributed by atoms with Gasteiger partial charge in [0.25, 0.3) is 5.91 Å². The van der Waals surface area contributed by atoms with Gasteiger partial charge in [-0.1, -0.05) is 11.6 Å². The summed E-state index contributed by atoms with van der Waals surface area (Å²) in [5.74, 6) is -0.107. The largest absolute Gasteiger partial charge is 0.497 e. The fourth-order valence-electron chi connectivity index (χ4n) is 2.83. The van der Waals surface area contributed by atoms with Crippen molar-refractivity contribution >= 4 is 34.4 Å². The van der Waals surface area contributed by atoms with E-state index in [1.807, 2.05) is 0 Å². The number of carbonyl (C=O) groups excluding carboxylic acids is 2. The average Bonchev–Trinajstić information content (AvgIpc) is 2.74. The van der Waals surface area contributed by atoms with Crippen LogP contribution in [0.3, 0.4) is 0 Å². The molecule has 0 aliphatic heterocycles. The summed E-state index contributed by atoms with van der Waals surface area (Å²) in [4.78, 5) is 35.8. The van der Waals surface area contributed by atoms with Crippen LogP contribution < -0.4 is 15.7 Å². The molecule has 8 heteroatoms. The van der Waals surface area contributed by atoms with E-state index >= 15 is 0 Å². The van der Waals surface area contributed by atoms with Crippen LogP contribution in [-0.4, -0.2) is 25.5 Å². The predicted octanol–water partition coefficient (Wildman–Crippen LogP) is 3.71. The molecule has 1 N–H and O–H groups in total. The molecule has 3 rings (SSSR count). The van der Waals surface area contributed by atoms with Crippen LogP contribution in [0.25, 0.3) is 11.0 Å². The normalized spacial score (nSPS) is 10.6. The standard InChI is InChI=1S/C22H20ClNO6/c1-28-17-8-9-18-15(11-21(26)30-19(18)12-17)13-29-20(25)3-2-10-24-22(27)14-4-6-16(23)7-5-14/h4-9,11-12H,2-3,10,13H2,1H3,(H,24,27). The van der Waals surface area contributed by atoms with E-state index in [0.29, 0.717) is 45.8 Å². The van der Waals surface area contributed by atoms with Gasteiger partial charge >= 0.3 is 11.6 Å². The topological polar surface area (TPSA) is 94.8 Å². The number of esters is 1. The van der Waals surface area contributed by atoms with Crippen molar-refractivity contribution in [2.45, 2.75) is 19.4 Å². The van der Waals surface area contributed by atoms with E-state index in [9.17, 15) is 14.4 Å². The van der Waals surface area contributed by atoms with Crippen molar-refractivity contribution in [2.24, 2.45) is 0 Å². The highest BCUT2D eigenvalue weighted by Crippen LogP contribution is 2.23. The van der Waals surface area contributed by atoms with Crippen LogP contribution in [0.1, 0.15) is 28.8 Å². The number of amides is 1. The van der Waals surface area contributed by atoms with E-state index < -0.39 is 11.6 Å². The van der Waals surface area contributed by atoms with E-state index in [1.165, 1.54) is 13.2 Å². The molecule has 0 aliphatic rings. The SMILES string of the molecule is COc1ccc2c(COC(=O)CCCNC(=O)c3ccc(Cl)cc3)cc(=O)oc2c1. The Hall–Kier alpha value is -3.32. The second kappa shape index (κ2) is 9.93. The second-order valence-electron chi connectivity index (χ2n) is 6.48. The number of halogens is 1. The summed E-state index contributed by atoms with van der Waals surface area (Å²) in [6.07, 6.45) is 0.557. The molecule has 0 fully saturated rings. The van der Waals surface area contributed by atoms with Gasteiger partial charge < -0.3 is 19.2 Å². The lowest BCUT2D eigenvalue weighted by Gasteiger charge is -2.09. The molecule has 2 aromatic carbocycles. The number of ether oxygens (including phenoxy) is 2. The van der Waals surface area contributed by atoms with E-state index in [1.54, 1.807) is 42.5 Å². The zero-order valence-corrected chi connectivity index (χ0v) is 17.0. The lowest BCUT2D eigenvalue weighted by atomic mass is 10.1. The Bertz CT molecular complexity index is 1110. The van der Waals surface area contributed by atoms with Gasteiger partial charge in [0.15, 0.2) is 0 Å². The van der Waals surface area contributed by atoms with Crippen molar-refractivity contribution in [1.82, 2.24) is 5.32 Å². The molecule has 1 aromatic heterocycles. The fourth-order valence-corrected chi connectivity index (χ4v) is 2.95. The number of fused-ring (bicyclic) bond motifs is 1. The van der Waals surface area contributed by atoms with Crippen molar-refractivity contribution in [2.75, 3.05) is 13.7 Å². The van der Waals surface area contributed by atoms with Gasteiger partial charge in [-0.2, -0.15) is 0 Å².